The molecule has 1 aromatic rings. The topological polar surface area (TPSA) is 67.6 Å². The number of nitrogens with one attached hydrogen (secondary N) is 1. The van der Waals surface area contributed by atoms with Gasteiger partial charge in [0.2, 0.25) is 0 Å². The normalized spacial score (nSPS) is 11.2. The maximum absolute atomic E-state index is 12.4. The highest BCUT2D eigenvalue weighted by Crippen LogP contribution is 2.28. The van der Waals surface area contributed by atoms with Gasteiger partial charge in [-0.05, 0) is 31.5 Å². The first-order valence-electron chi connectivity index (χ1n) is 9.10. The number of nitrogens with zero attached hydrogens (tertiary/aromatic N) is 1. The van der Waals surface area contributed by atoms with Crippen LogP contribution in [0.4, 0.5) is 5.69 Å². The van der Waals surface area contributed by atoms with Crippen molar-refractivity contribution >= 4 is 23.2 Å². The standard InChI is InChI=1S/C19H32ClN3O2/c1-5-14(6-2)13-23(7-3)10-8-9-22-19(24)15-11-16(20)17(21)12-18(15)25-4/h11-12,14H,5-10,13,21H2,1-4H3,(H,22,24). The molecule has 0 bridgehead atoms. The van der Waals surface area contributed by atoms with Crippen LogP contribution in [-0.4, -0.2) is 44.1 Å². The Morgan fingerprint density at radius 3 is 2.56 bits per heavy atom. The molecule has 5 nitrogen and oxygen atoms in total. The molecule has 3 N–H and O–H groups in total. The second kappa shape index (κ2) is 11.2. The van der Waals surface area contributed by atoms with Crippen LogP contribution in [0.5, 0.6) is 5.75 Å². The maximum atomic E-state index is 12.4. The van der Waals surface area contributed by atoms with Crippen LogP contribution in [-0.2, 0) is 0 Å². The van der Waals surface area contributed by atoms with Gasteiger partial charge in [0.25, 0.3) is 5.91 Å². The molecule has 25 heavy (non-hydrogen) atoms. The fraction of sp³-hybridized carbons (Fsp3) is 0.632. The lowest BCUT2D eigenvalue weighted by atomic mass is 10.0. The van der Waals surface area contributed by atoms with Gasteiger partial charge in [-0.3, -0.25) is 4.79 Å². The molecule has 0 atom stereocenters. The fourth-order valence-electron chi connectivity index (χ4n) is 2.81. The minimum absolute atomic E-state index is 0.193. The first kappa shape index (κ1) is 21.6. The second-order valence-electron chi connectivity index (χ2n) is 6.26. The van der Waals surface area contributed by atoms with E-state index in [9.17, 15) is 4.79 Å². The van der Waals surface area contributed by atoms with E-state index in [4.69, 9.17) is 22.1 Å². The highest BCUT2D eigenvalue weighted by atomic mass is 35.5. The Morgan fingerprint density at radius 2 is 2.00 bits per heavy atom. The Bertz CT molecular complexity index is 548. The number of carbonyl (C=O) groups excluding carboxylic acids is 1. The van der Waals surface area contributed by atoms with Gasteiger partial charge in [0.05, 0.1) is 23.4 Å². The quantitative estimate of drug-likeness (QED) is 0.459. The summed E-state index contributed by atoms with van der Waals surface area (Å²) in [5, 5.41) is 3.29. The molecule has 0 aliphatic rings. The van der Waals surface area contributed by atoms with Crippen molar-refractivity contribution in [3.05, 3.63) is 22.7 Å². The van der Waals surface area contributed by atoms with E-state index in [1.807, 2.05) is 0 Å². The van der Waals surface area contributed by atoms with Crippen molar-refractivity contribution < 1.29 is 9.53 Å². The molecule has 0 saturated carbocycles. The molecule has 6 heteroatoms. The zero-order valence-corrected chi connectivity index (χ0v) is 16.7. The maximum Gasteiger partial charge on any atom is 0.255 e. The summed E-state index contributed by atoms with van der Waals surface area (Å²) in [5.41, 5.74) is 6.56. The average Bonchev–Trinajstić information content (AvgIpc) is 2.62. The Morgan fingerprint density at radius 1 is 1.32 bits per heavy atom. The van der Waals surface area contributed by atoms with Crippen LogP contribution in [0, 0.1) is 5.92 Å². The van der Waals surface area contributed by atoms with E-state index < -0.39 is 0 Å². The number of rotatable bonds is 11. The van der Waals surface area contributed by atoms with Gasteiger partial charge in [-0.15, -0.1) is 0 Å². The minimum atomic E-state index is -0.193. The summed E-state index contributed by atoms with van der Waals surface area (Å²) < 4.78 is 5.22. The number of halogens is 1. The number of nitrogens with two attached hydrogens (primary N) is 1. The Kier molecular flexibility index (Phi) is 9.68. The first-order chi connectivity index (χ1) is 12.0. The van der Waals surface area contributed by atoms with Gasteiger partial charge in [0.1, 0.15) is 5.75 Å². The van der Waals surface area contributed by atoms with Crippen molar-refractivity contribution in [2.45, 2.75) is 40.0 Å². The number of methoxy groups -OCH3 is 1. The van der Waals surface area contributed by atoms with Crippen LogP contribution < -0.4 is 15.8 Å². The largest absolute Gasteiger partial charge is 0.496 e. The van der Waals surface area contributed by atoms with Crippen LogP contribution >= 0.6 is 11.6 Å². The summed E-state index contributed by atoms with van der Waals surface area (Å²) in [6.45, 7) is 10.4. The average molecular weight is 370 g/mol. The molecular weight excluding hydrogens is 338 g/mol. The second-order valence-corrected chi connectivity index (χ2v) is 6.67. The third kappa shape index (κ3) is 6.75. The fourth-order valence-corrected chi connectivity index (χ4v) is 2.97. The minimum Gasteiger partial charge on any atom is -0.496 e. The van der Waals surface area contributed by atoms with E-state index in [1.165, 1.54) is 20.0 Å². The van der Waals surface area contributed by atoms with E-state index >= 15 is 0 Å². The molecule has 0 aromatic heterocycles. The molecule has 0 spiro atoms. The molecule has 142 valence electrons. The van der Waals surface area contributed by atoms with Gasteiger partial charge in [-0.1, -0.05) is 45.2 Å². The molecule has 1 aromatic carbocycles. The number of anilines is 1. The van der Waals surface area contributed by atoms with Gasteiger partial charge in [0, 0.05) is 19.2 Å². The van der Waals surface area contributed by atoms with Crippen molar-refractivity contribution in [1.82, 2.24) is 10.2 Å². The Hall–Kier alpha value is -1.46. The van der Waals surface area contributed by atoms with Crippen molar-refractivity contribution in [2.75, 3.05) is 39.0 Å². The van der Waals surface area contributed by atoms with Crippen LogP contribution in [0.2, 0.25) is 5.02 Å². The Balaban J connectivity index is 2.50. The van der Waals surface area contributed by atoms with Gasteiger partial charge < -0.3 is 20.7 Å². The highest BCUT2D eigenvalue weighted by molar-refractivity contribution is 6.33. The van der Waals surface area contributed by atoms with Crippen LogP contribution in [0.3, 0.4) is 0 Å². The molecule has 0 aliphatic heterocycles. The summed E-state index contributed by atoms with van der Waals surface area (Å²) in [6, 6.07) is 3.13. The summed E-state index contributed by atoms with van der Waals surface area (Å²) in [4.78, 5) is 14.8. The van der Waals surface area contributed by atoms with Crippen molar-refractivity contribution in [1.29, 1.82) is 0 Å². The molecule has 0 radical (unpaired) electrons. The highest BCUT2D eigenvalue weighted by Gasteiger charge is 2.15. The molecule has 0 heterocycles. The summed E-state index contributed by atoms with van der Waals surface area (Å²) >= 11 is 6.02. The number of carbonyl (C=O) groups is 1. The Labute approximate surface area is 156 Å². The number of hydrogen-bond acceptors (Lipinski definition) is 4. The number of nitrogen functional groups attached to an aromatic ring is 1. The first-order valence-corrected chi connectivity index (χ1v) is 9.48. The van der Waals surface area contributed by atoms with Crippen LogP contribution in [0.15, 0.2) is 12.1 Å². The molecule has 0 fully saturated rings. The SMILES string of the molecule is CCC(CC)CN(CC)CCCNC(=O)c1cc(Cl)c(N)cc1OC. The van der Waals surface area contributed by atoms with Gasteiger partial charge in [-0.25, -0.2) is 0 Å². The number of benzene rings is 1. The smallest absolute Gasteiger partial charge is 0.255 e. The predicted octanol–water partition coefficient (Wildman–Crippen LogP) is 3.81. The molecular formula is C19H32ClN3O2. The van der Waals surface area contributed by atoms with Gasteiger partial charge in [-0.2, -0.15) is 0 Å². The van der Waals surface area contributed by atoms with Crippen molar-refractivity contribution in [3.8, 4) is 5.75 Å². The van der Waals surface area contributed by atoms with E-state index in [0.717, 1.165) is 32.0 Å². The van der Waals surface area contributed by atoms with Gasteiger partial charge in [0.15, 0.2) is 0 Å². The lowest BCUT2D eigenvalue weighted by molar-refractivity contribution is 0.0948. The van der Waals surface area contributed by atoms with E-state index in [1.54, 1.807) is 12.1 Å². The van der Waals surface area contributed by atoms with E-state index in [2.05, 4.69) is 31.0 Å². The van der Waals surface area contributed by atoms with Crippen molar-refractivity contribution in [2.24, 2.45) is 5.92 Å². The summed E-state index contributed by atoms with van der Waals surface area (Å²) in [5.74, 6) is 0.987. The van der Waals surface area contributed by atoms with Gasteiger partial charge >= 0.3 is 0 Å². The monoisotopic (exact) mass is 369 g/mol. The molecule has 0 aliphatic carbocycles. The van der Waals surface area contributed by atoms with E-state index in [0.29, 0.717) is 28.6 Å². The number of ether oxygens (including phenoxy) is 1. The van der Waals surface area contributed by atoms with E-state index in [-0.39, 0.29) is 5.91 Å². The number of amides is 1. The third-order valence-electron chi connectivity index (χ3n) is 4.62. The molecule has 1 amide bonds. The molecule has 1 rings (SSSR count). The van der Waals surface area contributed by atoms with Crippen LogP contribution in [0.25, 0.3) is 0 Å². The number of hydrogen-bond donors (Lipinski definition) is 2. The third-order valence-corrected chi connectivity index (χ3v) is 4.95. The summed E-state index contributed by atoms with van der Waals surface area (Å²) in [6.07, 6.45) is 3.33. The predicted molar refractivity (Wildman–Crippen MR) is 106 cm³/mol. The van der Waals surface area contributed by atoms with Crippen LogP contribution in [0.1, 0.15) is 50.4 Å². The molecule has 0 unspecified atom stereocenters. The zero-order chi connectivity index (χ0) is 18.8. The molecule has 0 saturated heterocycles. The van der Waals surface area contributed by atoms with Crippen molar-refractivity contribution in [3.63, 3.8) is 0 Å². The lowest BCUT2D eigenvalue weighted by Gasteiger charge is -2.25. The zero-order valence-electron chi connectivity index (χ0n) is 15.9. The summed E-state index contributed by atoms with van der Waals surface area (Å²) in [7, 11) is 1.51. The lowest BCUT2D eigenvalue weighted by Crippen LogP contribution is -2.33.